The lowest BCUT2D eigenvalue weighted by Crippen LogP contribution is -2.51. The van der Waals surface area contributed by atoms with E-state index < -0.39 is 35.7 Å². The van der Waals surface area contributed by atoms with Crippen LogP contribution in [0.3, 0.4) is 0 Å². The number of aliphatic imine (C=N–C) groups is 1. The highest BCUT2D eigenvalue weighted by atomic mass is 19.4. The number of nitrogens with zero attached hydrogens (tertiary/aromatic N) is 2. The zero-order valence-electron chi connectivity index (χ0n) is 16.0. The van der Waals surface area contributed by atoms with Gasteiger partial charge in [-0.15, -0.1) is 0 Å². The van der Waals surface area contributed by atoms with E-state index >= 15 is 0 Å². The monoisotopic (exact) mass is 420 g/mol. The Morgan fingerprint density at radius 3 is 2.31 bits per heavy atom. The van der Waals surface area contributed by atoms with E-state index in [1.165, 1.54) is 25.1 Å². The van der Waals surface area contributed by atoms with Crippen molar-refractivity contribution < 1.29 is 36.0 Å². The minimum atomic E-state index is -5.21. The Hall–Kier alpha value is -2.65. The summed E-state index contributed by atoms with van der Waals surface area (Å²) in [7, 11) is 0.756. The molecule has 0 fully saturated rings. The molecule has 158 valence electrons. The third kappa shape index (κ3) is 4.06. The minimum Gasteiger partial charge on any atom is -0.374 e. The van der Waals surface area contributed by atoms with Crippen molar-refractivity contribution in [3.63, 3.8) is 0 Å². The number of carbonyl (C=O) groups is 1. The van der Waals surface area contributed by atoms with E-state index in [2.05, 4.69) is 15.0 Å². The average Bonchev–Trinajstić information content (AvgIpc) is 3.04. The van der Waals surface area contributed by atoms with Gasteiger partial charge in [0.05, 0.1) is 12.1 Å². The van der Waals surface area contributed by atoms with E-state index in [0.29, 0.717) is 11.6 Å². The topological polar surface area (TPSA) is 51.0 Å². The van der Waals surface area contributed by atoms with Gasteiger partial charge >= 0.3 is 12.4 Å². The molecule has 0 bridgehead atoms. The molecule has 1 aliphatic heterocycles. The van der Waals surface area contributed by atoms with E-state index in [9.17, 15) is 31.1 Å². The molecule has 1 aliphatic rings. The van der Waals surface area contributed by atoms with Gasteiger partial charge in [-0.1, -0.05) is 23.4 Å². The molecule has 4 nitrogen and oxygen atoms in total. The second kappa shape index (κ2) is 7.64. The molecule has 0 saturated heterocycles. The van der Waals surface area contributed by atoms with Gasteiger partial charge in [0.15, 0.2) is 5.78 Å². The van der Waals surface area contributed by atoms with Crippen LogP contribution < -0.4 is 0 Å². The molecule has 1 unspecified atom stereocenters. The summed E-state index contributed by atoms with van der Waals surface area (Å²) in [5.74, 6) is -0.308. The van der Waals surface area contributed by atoms with Crippen molar-refractivity contribution in [1.29, 1.82) is 0 Å². The largest absolute Gasteiger partial charge is 0.435 e. The zero-order valence-corrected chi connectivity index (χ0v) is 16.0. The van der Waals surface area contributed by atoms with Crippen LogP contribution in [0.4, 0.5) is 26.3 Å². The Kier molecular flexibility index (Phi) is 5.97. The maximum atomic E-state index is 14.0. The van der Waals surface area contributed by atoms with Crippen molar-refractivity contribution in [1.82, 2.24) is 0 Å². The van der Waals surface area contributed by atoms with Crippen molar-refractivity contribution in [2.24, 2.45) is 10.1 Å². The van der Waals surface area contributed by atoms with Gasteiger partial charge in [0, 0.05) is 23.7 Å². The number of aryl methyl sites for hydroxylation is 1. The molecule has 0 saturated carbocycles. The first kappa shape index (κ1) is 22.6. The van der Waals surface area contributed by atoms with Gasteiger partial charge < -0.3 is 4.84 Å². The fraction of sp³-hybridized carbons (Fsp3) is 0.421. The summed E-state index contributed by atoms with van der Waals surface area (Å²) in [6, 6.07) is 4.30. The summed E-state index contributed by atoms with van der Waals surface area (Å²) >= 11 is 0. The van der Waals surface area contributed by atoms with Gasteiger partial charge in [-0.2, -0.15) is 26.3 Å². The van der Waals surface area contributed by atoms with Crippen molar-refractivity contribution in [2.45, 2.75) is 45.1 Å². The van der Waals surface area contributed by atoms with E-state index in [1.54, 1.807) is 6.92 Å². The normalized spacial score (nSPS) is 21.1. The van der Waals surface area contributed by atoms with Crippen LogP contribution in [-0.4, -0.2) is 42.2 Å². The number of hydrogen-bond donors (Lipinski definition) is 0. The van der Waals surface area contributed by atoms with Crippen LogP contribution in [0, 0.1) is 6.92 Å². The maximum absolute atomic E-state index is 14.0. The van der Waals surface area contributed by atoms with Crippen LogP contribution in [0.5, 0.6) is 0 Å². The highest BCUT2D eigenvalue weighted by molar-refractivity contribution is 6.09. The predicted molar refractivity (Wildman–Crippen MR) is 95.4 cm³/mol. The van der Waals surface area contributed by atoms with E-state index in [4.69, 9.17) is 0 Å². The number of benzene rings is 1. The lowest BCUT2D eigenvalue weighted by atomic mass is 9.83. The lowest BCUT2D eigenvalue weighted by molar-refractivity contribution is -0.251. The molecule has 1 heterocycles. The number of alkyl halides is 6. The highest BCUT2D eigenvalue weighted by Gasteiger charge is 2.66. The molecule has 0 amide bonds. The number of carbonyl (C=O) groups excluding carboxylic acids is 1. The molecule has 29 heavy (non-hydrogen) atoms. The van der Waals surface area contributed by atoms with Crippen LogP contribution in [-0.2, 0) is 4.84 Å². The van der Waals surface area contributed by atoms with Gasteiger partial charge in [-0.25, -0.2) is 0 Å². The highest BCUT2D eigenvalue weighted by Crippen LogP contribution is 2.48. The van der Waals surface area contributed by atoms with E-state index in [-0.39, 0.29) is 22.6 Å². The molecular weight excluding hydrogens is 402 g/mol. The molecule has 0 radical (unpaired) electrons. The average molecular weight is 420 g/mol. The summed E-state index contributed by atoms with van der Waals surface area (Å²) in [6.45, 7) is 3.99. The number of halogens is 6. The van der Waals surface area contributed by atoms with Gasteiger partial charge in [0.2, 0.25) is 0 Å². The first-order valence-corrected chi connectivity index (χ1v) is 8.43. The number of rotatable bonds is 4. The number of Topliss-reactive ketones (excluding diaryl/α,β-unsaturated/α-hetero) is 1. The molecule has 2 rings (SSSR count). The fourth-order valence-corrected chi connectivity index (χ4v) is 3.18. The van der Waals surface area contributed by atoms with Gasteiger partial charge in [0.1, 0.15) is 5.71 Å². The summed E-state index contributed by atoms with van der Waals surface area (Å²) in [5.41, 5.74) is -5.39. The Morgan fingerprint density at radius 1 is 1.24 bits per heavy atom. The van der Waals surface area contributed by atoms with Crippen LogP contribution in [0.1, 0.15) is 41.8 Å². The first-order chi connectivity index (χ1) is 13.3. The van der Waals surface area contributed by atoms with Crippen LogP contribution in [0.15, 0.2) is 40.0 Å². The lowest BCUT2D eigenvalue weighted by Gasteiger charge is -2.32. The van der Waals surface area contributed by atoms with Crippen molar-refractivity contribution >= 4 is 17.2 Å². The second-order valence-electron chi connectivity index (χ2n) is 6.49. The van der Waals surface area contributed by atoms with Crippen LogP contribution in [0.2, 0.25) is 0 Å². The number of oxime groups is 1. The van der Waals surface area contributed by atoms with Crippen LogP contribution >= 0.6 is 0 Å². The first-order valence-electron chi connectivity index (χ1n) is 8.43. The van der Waals surface area contributed by atoms with Crippen LogP contribution in [0.25, 0.3) is 0 Å². The number of ketones is 1. The molecule has 1 aromatic carbocycles. The molecule has 0 aromatic heterocycles. The number of hydrogen-bond acceptors (Lipinski definition) is 4. The minimum absolute atomic E-state index is 0.157. The summed E-state index contributed by atoms with van der Waals surface area (Å²) in [6.07, 6.45) is -10.6. The Balaban J connectivity index is 2.56. The quantitative estimate of drug-likeness (QED) is 0.382. The third-order valence-electron chi connectivity index (χ3n) is 4.61. The Morgan fingerprint density at radius 2 is 1.86 bits per heavy atom. The van der Waals surface area contributed by atoms with Gasteiger partial charge in [-0.3, -0.25) is 9.79 Å². The Bertz CT molecular complexity index is 912. The second-order valence-corrected chi connectivity index (χ2v) is 6.49. The Labute approximate surface area is 162 Å². The van der Waals surface area contributed by atoms with Crippen molar-refractivity contribution in [3.05, 3.63) is 46.5 Å². The molecule has 1 aromatic rings. The standard InChI is InChI=1S/C19H18F6N2O2/c1-5-14(16(26-4)18(20,21)22)17(19(23,24)25)9-15(27-29-17)12-7-6-10(2)13(8-12)11(3)28/h5-8H,9H2,1-4H3/b14-5+,26-16+. The molecule has 0 N–H and O–H groups in total. The molecule has 0 spiro atoms. The predicted octanol–water partition coefficient (Wildman–Crippen LogP) is 5.20. The third-order valence-corrected chi connectivity index (χ3v) is 4.61. The smallest absolute Gasteiger partial charge is 0.374 e. The fourth-order valence-electron chi connectivity index (χ4n) is 3.18. The van der Waals surface area contributed by atoms with E-state index in [0.717, 1.165) is 14.0 Å². The summed E-state index contributed by atoms with van der Waals surface area (Å²) in [4.78, 5) is 19.4. The molecule has 10 heteroatoms. The maximum Gasteiger partial charge on any atom is 0.435 e. The zero-order chi connectivity index (χ0) is 22.2. The van der Waals surface area contributed by atoms with Gasteiger partial charge in [-0.05, 0) is 32.4 Å². The SMILES string of the molecule is C/C=C(\C(=N/C)C(F)(F)F)C1(C(F)(F)F)CC(c2ccc(C)c(C(C)=O)c2)=NO1. The summed E-state index contributed by atoms with van der Waals surface area (Å²) in [5, 5.41) is 3.45. The molecule has 0 aliphatic carbocycles. The molecular formula is C19H18F6N2O2. The number of allylic oxidation sites excluding steroid dienone is 1. The summed E-state index contributed by atoms with van der Waals surface area (Å²) < 4.78 is 81.9. The molecule has 1 atom stereocenters. The van der Waals surface area contributed by atoms with Gasteiger partial charge in [0.25, 0.3) is 5.60 Å². The van der Waals surface area contributed by atoms with E-state index in [1.807, 2.05) is 0 Å². The van der Waals surface area contributed by atoms with Crippen molar-refractivity contribution in [3.8, 4) is 0 Å². The van der Waals surface area contributed by atoms with Crippen molar-refractivity contribution in [2.75, 3.05) is 7.05 Å².